The maximum absolute atomic E-state index is 9.95. The third kappa shape index (κ3) is 3.78. The van der Waals surface area contributed by atoms with Crippen LogP contribution in [-0.4, -0.2) is 69.5 Å². The second-order valence-electron chi connectivity index (χ2n) is 4.96. The van der Waals surface area contributed by atoms with Crippen molar-refractivity contribution in [2.75, 3.05) is 13.2 Å². The summed E-state index contributed by atoms with van der Waals surface area (Å²) in [5.41, 5.74) is 0.641. The maximum atomic E-state index is 9.95. The summed E-state index contributed by atoms with van der Waals surface area (Å²) < 4.78 is 10.4. The summed E-state index contributed by atoms with van der Waals surface area (Å²) in [5, 5.41) is 48.0. The Morgan fingerprint density at radius 1 is 1.05 bits per heavy atom. The zero-order valence-electron chi connectivity index (χ0n) is 11.3. The van der Waals surface area contributed by atoms with Gasteiger partial charge in [0.1, 0.15) is 30.5 Å². The second-order valence-corrected chi connectivity index (χ2v) is 4.96. The number of aliphatic hydroxyl groups is 5. The first-order chi connectivity index (χ1) is 10.0. The summed E-state index contributed by atoms with van der Waals surface area (Å²) in [4.78, 5) is 0. The number of hydrogen-bond donors (Lipinski definition) is 5. The molecule has 7 nitrogen and oxygen atoms in total. The van der Waals surface area contributed by atoms with E-state index in [1.165, 1.54) is 0 Å². The molecule has 0 bridgehead atoms. The first kappa shape index (κ1) is 16.3. The standard InChI is InChI=1S/C14H20O7/c15-6-10-11(17)12(18)13(19)14(21-10)20-7-9(16)8-4-2-1-3-5-8/h1-5,9-19H,6-7H2/t9-,10+,11+,12-,13+,14+/m0/s1. The Balaban J connectivity index is 1.93. The first-order valence-corrected chi connectivity index (χ1v) is 6.69. The molecule has 1 aliphatic rings. The minimum absolute atomic E-state index is 0.160. The molecule has 118 valence electrons. The van der Waals surface area contributed by atoms with E-state index >= 15 is 0 Å². The van der Waals surface area contributed by atoms with Crippen LogP contribution in [0.1, 0.15) is 11.7 Å². The van der Waals surface area contributed by atoms with Crippen molar-refractivity contribution < 1.29 is 35.0 Å². The van der Waals surface area contributed by atoms with Crippen LogP contribution in [0.4, 0.5) is 0 Å². The molecule has 0 unspecified atom stereocenters. The summed E-state index contributed by atoms with van der Waals surface area (Å²) in [6.45, 7) is -0.682. The Kier molecular flexibility index (Phi) is 5.65. The fraction of sp³-hybridized carbons (Fsp3) is 0.571. The molecule has 1 aromatic carbocycles. The van der Waals surface area contributed by atoms with Crippen LogP contribution in [0.2, 0.25) is 0 Å². The summed E-state index contributed by atoms with van der Waals surface area (Å²) in [6, 6.07) is 8.80. The molecule has 1 heterocycles. The first-order valence-electron chi connectivity index (χ1n) is 6.69. The summed E-state index contributed by atoms with van der Waals surface area (Å²) >= 11 is 0. The van der Waals surface area contributed by atoms with Crippen LogP contribution in [-0.2, 0) is 9.47 Å². The van der Waals surface area contributed by atoms with Crippen LogP contribution in [0.3, 0.4) is 0 Å². The van der Waals surface area contributed by atoms with Gasteiger partial charge in [-0.05, 0) is 5.56 Å². The molecule has 0 aliphatic carbocycles. The predicted molar refractivity (Wildman–Crippen MR) is 71.1 cm³/mol. The van der Waals surface area contributed by atoms with Gasteiger partial charge in [-0.25, -0.2) is 0 Å². The molecular formula is C14H20O7. The Hall–Kier alpha value is -1.06. The molecule has 1 aromatic rings. The van der Waals surface area contributed by atoms with E-state index < -0.39 is 43.4 Å². The van der Waals surface area contributed by atoms with Gasteiger partial charge in [0.25, 0.3) is 0 Å². The molecule has 0 amide bonds. The normalized spacial score (nSPS) is 34.6. The van der Waals surface area contributed by atoms with Crippen molar-refractivity contribution in [3.63, 3.8) is 0 Å². The minimum atomic E-state index is -1.49. The van der Waals surface area contributed by atoms with Gasteiger partial charge in [-0.2, -0.15) is 0 Å². The average Bonchev–Trinajstić information content (AvgIpc) is 2.52. The number of benzene rings is 1. The monoisotopic (exact) mass is 300 g/mol. The molecule has 0 radical (unpaired) electrons. The van der Waals surface area contributed by atoms with E-state index in [2.05, 4.69) is 0 Å². The highest BCUT2D eigenvalue weighted by atomic mass is 16.7. The summed E-state index contributed by atoms with van der Waals surface area (Å²) in [6.07, 6.45) is -7.57. The number of rotatable bonds is 5. The lowest BCUT2D eigenvalue weighted by Crippen LogP contribution is -2.59. The molecule has 7 heteroatoms. The molecule has 5 N–H and O–H groups in total. The van der Waals surface area contributed by atoms with E-state index in [0.717, 1.165) is 0 Å². The van der Waals surface area contributed by atoms with Gasteiger partial charge < -0.3 is 35.0 Å². The van der Waals surface area contributed by atoms with Gasteiger partial charge in [0.2, 0.25) is 0 Å². The molecular weight excluding hydrogens is 280 g/mol. The molecule has 1 saturated heterocycles. The summed E-state index contributed by atoms with van der Waals surface area (Å²) in [5.74, 6) is 0. The maximum Gasteiger partial charge on any atom is 0.186 e. The minimum Gasteiger partial charge on any atom is -0.394 e. The van der Waals surface area contributed by atoms with Crippen LogP contribution in [0.15, 0.2) is 30.3 Å². The van der Waals surface area contributed by atoms with Crippen LogP contribution < -0.4 is 0 Å². The van der Waals surface area contributed by atoms with Crippen molar-refractivity contribution in [3.8, 4) is 0 Å². The third-order valence-electron chi connectivity index (χ3n) is 3.45. The Labute approximate surface area is 122 Å². The Morgan fingerprint density at radius 2 is 1.71 bits per heavy atom. The Bertz CT molecular complexity index is 425. The molecule has 1 aliphatic heterocycles. The van der Waals surface area contributed by atoms with Crippen molar-refractivity contribution in [2.24, 2.45) is 0 Å². The topological polar surface area (TPSA) is 120 Å². The molecule has 0 aromatic heterocycles. The van der Waals surface area contributed by atoms with E-state index in [1.807, 2.05) is 6.07 Å². The van der Waals surface area contributed by atoms with E-state index in [-0.39, 0.29) is 6.61 Å². The van der Waals surface area contributed by atoms with Gasteiger partial charge in [-0.15, -0.1) is 0 Å². The van der Waals surface area contributed by atoms with Crippen LogP contribution in [0.5, 0.6) is 0 Å². The molecule has 0 saturated carbocycles. The lowest BCUT2D eigenvalue weighted by Gasteiger charge is -2.39. The molecule has 2 rings (SSSR count). The molecule has 0 spiro atoms. The molecule has 1 fully saturated rings. The fourth-order valence-electron chi connectivity index (χ4n) is 2.16. The summed E-state index contributed by atoms with van der Waals surface area (Å²) in [7, 11) is 0. The van der Waals surface area contributed by atoms with E-state index in [1.54, 1.807) is 24.3 Å². The fourth-order valence-corrected chi connectivity index (χ4v) is 2.16. The zero-order valence-corrected chi connectivity index (χ0v) is 11.3. The van der Waals surface area contributed by atoms with Gasteiger partial charge >= 0.3 is 0 Å². The van der Waals surface area contributed by atoms with Crippen molar-refractivity contribution >= 4 is 0 Å². The quantitative estimate of drug-likeness (QED) is 0.450. The number of aliphatic hydroxyl groups excluding tert-OH is 5. The van der Waals surface area contributed by atoms with E-state index in [4.69, 9.17) is 14.6 Å². The van der Waals surface area contributed by atoms with Gasteiger partial charge in [0.05, 0.1) is 13.2 Å². The van der Waals surface area contributed by atoms with Gasteiger partial charge in [-0.1, -0.05) is 30.3 Å². The number of ether oxygens (including phenoxy) is 2. The highest BCUT2D eigenvalue weighted by Gasteiger charge is 2.44. The predicted octanol–water partition coefficient (Wildman–Crippen LogP) is -1.46. The smallest absolute Gasteiger partial charge is 0.186 e. The van der Waals surface area contributed by atoms with Crippen LogP contribution >= 0.6 is 0 Å². The van der Waals surface area contributed by atoms with Crippen molar-refractivity contribution in [2.45, 2.75) is 36.8 Å². The van der Waals surface area contributed by atoms with Crippen molar-refractivity contribution in [3.05, 3.63) is 35.9 Å². The van der Waals surface area contributed by atoms with Crippen LogP contribution in [0.25, 0.3) is 0 Å². The second kappa shape index (κ2) is 7.28. The zero-order chi connectivity index (χ0) is 15.4. The van der Waals surface area contributed by atoms with Gasteiger partial charge in [0, 0.05) is 0 Å². The van der Waals surface area contributed by atoms with E-state index in [0.29, 0.717) is 5.56 Å². The van der Waals surface area contributed by atoms with E-state index in [9.17, 15) is 20.4 Å². The Morgan fingerprint density at radius 3 is 2.33 bits per heavy atom. The van der Waals surface area contributed by atoms with Crippen molar-refractivity contribution in [1.29, 1.82) is 0 Å². The molecule has 6 atom stereocenters. The third-order valence-corrected chi connectivity index (χ3v) is 3.45. The van der Waals surface area contributed by atoms with Crippen LogP contribution in [0, 0.1) is 0 Å². The van der Waals surface area contributed by atoms with Crippen molar-refractivity contribution in [1.82, 2.24) is 0 Å². The van der Waals surface area contributed by atoms with Gasteiger partial charge in [-0.3, -0.25) is 0 Å². The highest BCUT2D eigenvalue weighted by Crippen LogP contribution is 2.23. The largest absolute Gasteiger partial charge is 0.394 e. The highest BCUT2D eigenvalue weighted by molar-refractivity contribution is 5.17. The average molecular weight is 300 g/mol. The van der Waals surface area contributed by atoms with Gasteiger partial charge in [0.15, 0.2) is 6.29 Å². The lowest BCUT2D eigenvalue weighted by atomic mass is 9.99. The molecule has 21 heavy (non-hydrogen) atoms. The SMILES string of the molecule is OC[C@H]1O[C@@H](OC[C@H](O)c2ccccc2)[C@H](O)[C@@H](O)[C@@H]1O. The lowest BCUT2D eigenvalue weighted by molar-refractivity contribution is -0.304. The number of hydrogen-bond acceptors (Lipinski definition) is 7.